The van der Waals surface area contributed by atoms with Crippen molar-refractivity contribution >= 4 is 29.3 Å². The monoisotopic (exact) mass is 416 g/mol. The van der Waals surface area contributed by atoms with Gasteiger partial charge in [-0.05, 0) is 67.1 Å². The molecule has 0 aliphatic rings. The predicted molar refractivity (Wildman–Crippen MR) is 123 cm³/mol. The molecule has 31 heavy (non-hydrogen) atoms. The number of carbonyl (C=O) groups is 2. The van der Waals surface area contributed by atoms with Crippen molar-refractivity contribution in [2.45, 2.75) is 13.8 Å². The number of hydrogen-bond donors (Lipinski definition) is 2. The summed E-state index contributed by atoms with van der Waals surface area (Å²) in [5.74, 6) is 1.53. The molecular formula is C25H24N2O4. The summed E-state index contributed by atoms with van der Waals surface area (Å²) in [5, 5.41) is 5.54. The molecule has 0 spiro atoms. The number of carbonyl (C=O) groups excluding carboxylic acids is 2. The summed E-state index contributed by atoms with van der Waals surface area (Å²) in [7, 11) is 0. The van der Waals surface area contributed by atoms with E-state index in [1.165, 1.54) is 13.0 Å². The van der Waals surface area contributed by atoms with Gasteiger partial charge in [-0.1, -0.05) is 24.3 Å². The van der Waals surface area contributed by atoms with Gasteiger partial charge in [0, 0.05) is 18.7 Å². The van der Waals surface area contributed by atoms with Gasteiger partial charge in [0.1, 0.15) is 11.5 Å². The highest BCUT2D eigenvalue weighted by Crippen LogP contribution is 2.30. The highest BCUT2D eigenvalue weighted by molar-refractivity contribution is 6.02. The first-order valence-corrected chi connectivity index (χ1v) is 9.90. The molecule has 0 aromatic heterocycles. The minimum absolute atomic E-state index is 0.131. The lowest BCUT2D eigenvalue weighted by atomic mass is 10.2. The summed E-state index contributed by atoms with van der Waals surface area (Å²) in [6.07, 6.45) is 3.14. The van der Waals surface area contributed by atoms with Gasteiger partial charge in [0.2, 0.25) is 11.8 Å². The molecule has 0 unspecified atom stereocenters. The van der Waals surface area contributed by atoms with E-state index < -0.39 is 0 Å². The van der Waals surface area contributed by atoms with Crippen LogP contribution < -0.4 is 20.1 Å². The Kier molecular flexibility index (Phi) is 7.43. The van der Waals surface area contributed by atoms with Crippen molar-refractivity contribution < 1.29 is 19.1 Å². The van der Waals surface area contributed by atoms with Crippen LogP contribution >= 0.6 is 0 Å². The number of hydrogen-bond acceptors (Lipinski definition) is 4. The van der Waals surface area contributed by atoms with E-state index >= 15 is 0 Å². The topological polar surface area (TPSA) is 76.7 Å². The minimum atomic E-state index is -0.284. The summed E-state index contributed by atoms with van der Waals surface area (Å²) in [6, 6.07) is 21.7. The Morgan fingerprint density at radius 3 is 2.23 bits per heavy atom. The molecular weight excluding hydrogens is 392 g/mol. The lowest BCUT2D eigenvalue weighted by molar-refractivity contribution is -0.114. The molecule has 2 amide bonds. The van der Waals surface area contributed by atoms with Crippen LogP contribution in [-0.2, 0) is 9.59 Å². The van der Waals surface area contributed by atoms with Crippen molar-refractivity contribution in [3.05, 3.63) is 84.4 Å². The average Bonchev–Trinajstić information content (AvgIpc) is 2.76. The van der Waals surface area contributed by atoms with E-state index in [0.29, 0.717) is 29.5 Å². The van der Waals surface area contributed by atoms with E-state index in [2.05, 4.69) is 10.6 Å². The zero-order valence-corrected chi connectivity index (χ0v) is 17.4. The largest absolute Gasteiger partial charge is 0.494 e. The molecule has 0 saturated carbocycles. The van der Waals surface area contributed by atoms with Crippen molar-refractivity contribution in [3.8, 4) is 17.2 Å². The summed E-state index contributed by atoms with van der Waals surface area (Å²) < 4.78 is 11.4. The average molecular weight is 416 g/mol. The third-order valence-corrected chi connectivity index (χ3v) is 4.17. The van der Waals surface area contributed by atoms with Crippen LogP contribution in [0.25, 0.3) is 6.08 Å². The molecule has 3 rings (SSSR count). The molecule has 2 N–H and O–H groups in total. The first-order chi connectivity index (χ1) is 15.0. The van der Waals surface area contributed by atoms with Crippen molar-refractivity contribution in [3.63, 3.8) is 0 Å². The van der Waals surface area contributed by atoms with Crippen molar-refractivity contribution in [1.82, 2.24) is 0 Å². The van der Waals surface area contributed by atoms with Gasteiger partial charge >= 0.3 is 0 Å². The number of amides is 2. The molecule has 0 radical (unpaired) electrons. The van der Waals surface area contributed by atoms with Crippen molar-refractivity contribution in [2.75, 3.05) is 17.2 Å². The van der Waals surface area contributed by atoms with Crippen LogP contribution in [0.4, 0.5) is 11.4 Å². The smallest absolute Gasteiger partial charge is 0.248 e. The fraction of sp³-hybridized carbons (Fsp3) is 0.120. The molecule has 3 aromatic carbocycles. The lowest BCUT2D eigenvalue weighted by Crippen LogP contribution is -2.08. The Morgan fingerprint density at radius 1 is 0.871 bits per heavy atom. The van der Waals surface area contributed by atoms with Gasteiger partial charge in [-0.15, -0.1) is 0 Å². The second-order valence-corrected chi connectivity index (χ2v) is 6.63. The van der Waals surface area contributed by atoms with Crippen molar-refractivity contribution in [1.29, 1.82) is 0 Å². The van der Waals surface area contributed by atoms with E-state index in [4.69, 9.17) is 9.47 Å². The summed E-state index contributed by atoms with van der Waals surface area (Å²) in [5.41, 5.74) is 2.10. The van der Waals surface area contributed by atoms with Gasteiger partial charge in [-0.3, -0.25) is 9.59 Å². The molecule has 0 aliphatic carbocycles. The van der Waals surface area contributed by atoms with Gasteiger partial charge in [-0.25, -0.2) is 0 Å². The maximum atomic E-state index is 12.4. The number of rotatable bonds is 8. The second kappa shape index (κ2) is 10.6. The van der Waals surface area contributed by atoms with Crippen LogP contribution in [-0.4, -0.2) is 18.4 Å². The molecule has 0 fully saturated rings. The molecule has 0 bridgehead atoms. The minimum Gasteiger partial charge on any atom is -0.494 e. The predicted octanol–water partition coefficient (Wildman–Crippen LogP) is 5.49. The molecule has 6 heteroatoms. The Balaban J connectivity index is 1.63. The van der Waals surface area contributed by atoms with Gasteiger partial charge < -0.3 is 20.1 Å². The Hall–Kier alpha value is -4.06. The first kappa shape index (κ1) is 21.6. The van der Waals surface area contributed by atoms with Crippen LogP contribution in [0.5, 0.6) is 17.2 Å². The third kappa shape index (κ3) is 6.75. The van der Waals surface area contributed by atoms with Crippen LogP contribution in [0.3, 0.4) is 0 Å². The van der Waals surface area contributed by atoms with E-state index in [9.17, 15) is 9.59 Å². The normalized spacial score (nSPS) is 10.5. The molecule has 0 aliphatic heterocycles. The summed E-state index contributed by atoms with van der Waals surface area (Å²) in [4.78, 5) is 23.5. The third-order valence-electron chi connectivity index (χ3n) is 4.17. The van der Waals surface area contributed by atoms with E-state index in [0.717, 1.165) is 11.3 Å². The number of para-hydroxylation sites is 2. The maximum Gasteiger partial charge on any atom is 0.248 e. The van der Waals surface area contributed by atoms with Gasteiger partial charge in [0.05, 0.1) is 12.3 Å². The fourth-order valence-electron chi connectivity index (χ4n) is 2.78. The second-order valence-electron chi connectivity index (χ2n) is 6.63. The molecule has 6 nitrogen and oxygen atoms in total. The Bertz CT molecular complexity index is 1060. The highest BCUT2D eigenvalue weighted by Gasteiger charge is 2.07. The van der Waals surface area contributed by atoms with E-state index in [-0.39, 0.29) is 11.8 Å². The zero-order valence-electron chi connectivity index (χ0n) is 17.4. The van der Waals surface area contributed by atoms with Gasteiger partial charge in [0.25, 0.3) is 0 Å². The fourth-order valence-corrected chi connectivity index (χ4v) is 2.78. The quantitative estimate of drug-likeness (QED) is 0.476. The standard InChI is InChI=1S/C25H24N2O4/c1-3-30-21-13-15-22(16-14-21)31-24-7-5-4-6-23(24)27-25(29)17-10-19-8-11-20(12-9-19)26-18(2)28/h4-17H,3H2,1-2H3,(H,26,28)(H,27,29)/b17-10+. The first-order valence-electron chi connectivity index (χ1n) is 9.90. The van der Waals surface area contributed by atoms with E-state index in [1.807, 2.05) is 55.5 Å². The molecule has 0 atom stereocenters. The number of benzene rings is 3. The molecule has 3 aromatic rings. The maximum absolute atomic E-state index is 12.4. The SMILES string of the molecule is CCOc1ccc(Oc2ccccc2NC(=O)/C=C/c2ccc(NC(C)=O)cc2)cc1. The Labute approximate surface area is 181 Å². The molecule has 158 valence electrons. The van der Waals surface area contributed by atoms with Crippen LogP contribution in [0.2, 0.25) is 0 Å². The van der Waals surface area contributed by atoms with Crippen LogP contribution in [0.15, 0.2) is 78.9 Å². The van der Waals surface area contributed by atoms with Crippen LogP contribution in [0, 0.1) is 0 Å². The van der Waals surface area contributed by atoms with Gasteiger partial charge in [-0.2, -0.15) is 0 Å². The number of anilines is 2. The summed E-state index contributed by atoms with van der Waals surface area (Å²) in [6.45, 7) is 3.98. The van der Waals surface area contributed by atoms with Crippen molar-refractivity contribution in [2.24, 2.45) is 0 Å². The number of ether oxygens (including phenoxy) is 2. The molecule has 0 saturated heterocycles. The Morgan fingerprint density at radius 2 is 1.55 bits per heavy atom. The highest BCUT2D eigenvalue weighted by atomic mass is 16.5. The molecule has 0 heterocycles. The lowest BCUT2D eigenvalue weighted by Gasteiger charge is -2.12. The van der Waals surface area contributed by atoms with E-state index in [1.54, 1.807) is 30.3 Å². The zero-order chi connectivity index (χ0) is 22.1. The van der Waals surface area contributed by atoms with Crippen LogP contribution in [0.1, 0.15) is 19.4 Å². The summed E-state index contributed by atoms with van der Waals surface area (Å²) >= 11 is 0. The number of nitrogens with one attached hydrogen (secondary N) is 2. The van der Waals surface area contributed by atoms with Gasteiger partial charge in [0.15, 0.2) is 5.75 Å².